The predicted octanol–water partition coefficient (Wildman–Crippen LogP) is 4.99. The van der Waals surface area contributed by atoms with Gasteiger partial charge in [-0.05, 0) is 43.7 Å². The van der Waals surface area contributed by atoms with Crippen molar-refractivity contribution in [1.29, 1.82) is 5.26 Å². The molecule has 0 bridgehead atoms. The Balaban J connectivity index is 1.40. The number of thiazole rings is 1. The number of amides is 1. The van der Waals surface area contributed by atoms with Gasteiger partial charge in [0, 0.05) is 48.6 Å². The van der Waals surface area contributed by atoms with Crippen LogP contribution in [-0.2, 0) is 4.79 Å². The van der Waals surface area contributed by atoms with Crippen molar-refractivity contribution in [3.8, 4) is 23.2 Å². The van der Waals surface area contributed by atoms with Crippen LogP contribution in [0.15, 0.2) is 30.9 Å². The number of hydrogen-bond donors (Lipinski definition) is 2. The van der Waals surface area contributed by atoms with Gasteiger partial charge in [-0.15, -0.1) is 0 Å². The molecular weight excluding hydrogens is 598 g/mol. The summed E-state index contributed by atoms with van der Waals surface area (Å²) in [5.74, 6) is -1.14. The average molecular weight is 625 g/mol. The van der Waals surface area contributed by atoms with E-state index in [2.05, 4.69) is 37.8 Å². The zero-order chi connectivity index (χ0) is 30.2. The van der Waals surface area contributed by atoms with Gasteiger partial charge in [-0.3, -0.25) is 9.69 Å². The number of nitrogen functional groups attached to an aromatic ring is 1. The molecule has 0 saturated carbocycles. The van der Waals surface area contributed by atoms with Gasteiger partial charge >= 0.3 is 6.01 Å². The van der Waals surface area contributed by atoms with E-state index >= 15 is 4.39 Å². The highest BCUT2D eigenvalue weighted by Gasteiger charge is 2.31. The first kappa shape index (κ1) is 29.0. The number of likely N-dealkylation sites (tertiary alicyclic amines) is 2. The summed E-state index contributed by atoms with van der Waals surface area (Å²) in [4.78, 5) is 29.0. The molecule has 0 unspecified atom stereocenters. The Hall–Kier alpha value is -4.12. The monoisotopic (exact) mass is 624 g/mol. The van der Waals surface area contributed by atoms with Crippen molar-refractivity contribution in [2.24, 2.45) is 0 Å². The molecule has 2 aromatic heterocycles. The molecule has 3 N–H and O–H groups in total. The van der Waals surface area contributed by atoms with Crippen molar-refractivity contribution in [2.45, 2.75) is 31.3 Å². The minimum Gasteiger partial charge on any atom is -0.462 e. The Morgan fingerprint density at radius 1 is 1.30 bits per heavy atom. The third kappa shape index (κ3) is 5.53. The van der Waals surface area contributed by atoms with Crippen LogP contribution in [0.4, 0.5) is 19.7 Å². The smallest absolute Gasteiger partial charge is 0.319 e. The molecule has 0 aliphatic carbocycles. The number of benzene rings is 2. The number of carbonyl (C=O) groups is 1. The summed E-state index contributed by atoms with van der Waals surface area (Å²) >= 11 is 7.64. The molecule has 4 heterocycles. The molecule has 2 aromatic carbocycles. The van der Waals surface area contributed by atoms with E-state index in [0.29, 0.717) is 37.3 Å². The van der Waals surface area contributed by atoms with E-state index in [9.17, 15) is 9.18 Å². The van der Waals surface area contributed by atoms with Crippen molar-refractivity contribution in [2.75, 3.05) is 43.8 Å². The van der Waals surface area contributed by atoms with E-state index in [0.717, 1.165) is 30.7 Å². The zero-order valence-corrected chi connectivity index (χ0v) is 24.5. The summed E-state index contributed by atoms with van der Waals surface area (Å²) in [6, 6.07) is 6.26. The number of ether oxygens (including phenoxy) is 1. The Morgan fingerprint density at radius 2 is 2.12 bits per heavy atom. The van der Waals surface area contributed by atoms with Gasteiger partial charge in [-0.25, -0.2) is 13.8 Å². The van der Waals surface area contributed by atoms with E-state index in [1.807, 2.05) is 0 Å². The molecule has 6 rings (SSSR count). The van der Waals surface area contributed by atoms with Crippen molar-refractivity contribution in [3.05, 3.63) is 47.5 Å². The molecule has 2 saturated heterocycles. The molecule has 222 valence electrons. The quantitative estimate of drug-likeness (QED) is 0.247. The highest BCUT2D eigenvalue weighted by atomic mass is 35.5. The van der Waals surface area contributed by atoms with Crippen LogP contribution in [0.2, 0.25) is 5.02 Å². The summed E-state index contributed by atoms with van der Waals surface area (Å²) in [6.07, 6.45) is 3.55. The number of halogens is 3. The van der Waals surface area contributed by atoms with Gasteiger partial charge in [-0.1, -0.05) is 29.5 Å². The van der Waals surface area contributed by atoms with Crippen molar-refractivity contribution in [1.82, 2.24) is 24.8 Å². The molecular formula is C29H27ClF2N8O2S. The Kier molecular flexibility index (Phi) is 8.00. The second-order valence-corrected chi connectivity index (χ2v) is 11.9. The fraction of sp³-hybridized carbons (Fsp3) is 0.345. The minimum absolute atomic E-state index is 0.00457. The number of fused-ring (bicyclic) bond motifs is 2. The molecule has 0 radical (unpaired) electrons. The van der Waals surface area contributed by atoms with E-state index in [4.69, 9.17) is 27.3 Å². The number of carbonyl (C=O) groups excluding carboxylic acids is 1. The van der Waals surface area contributed by atoms with Crippen LogP contribution < -0.4 is 15.8 Å². The summed E-state index contributed by atoms with van der Waals surface area (Å²) in [5, 5.41) is 12.8. The molecule has 4 aromatic rings. The fourth-order valence-electron chi connectivity index (χ4n) is 5.61. The first-order valence-corrected chi connectivity index (χ1v) is 14.9. The molecule has 1 atom stereocenters. The molecule has 0 spiro atoms. The second kappa shape index (κ2) is 11.9. The van der Waals surface area contributed by atoms with Gasteiger partial charge in [0.1, 0.15) is 23.8 Å². The van der Waals surface area contributed by atoms with E-state index < -0.39 is 11.6 Å². The van der Waals surface area contributed by atoms with Crippen LogP contribution in [0.25, 0.3) is 32.2 Å². The van der Waals surface area contributed by atoms with Gasteiger partial charge in [0.05, 0.1) is 27.4 Å². The molecule has 43 heavy (non-hydrogen) atoms. The summed E-state index contributed by atoms with van der Waals surface area (Å²) in [6.45, 7) is 6.12. The van der Waals surface area contributed by atoms with E-state index in [1.54, 1.807) is 11.0 Å². The van der Waals surface area contributed by atoms with Crippen LogP contribution in [0.3, 0.4) is 0 Å². The second-order valence-electron chi connectivity index (χ2n) is 10.5. The summed E-state index contributed by atoms with van der Waals surface area (Å²) < 4.78 is 37.2. The molecule has 2 aliphatic heterocycles. The van der Waals surface area contributed by atoms with Crippen LogP contribution in [0.1, 0.15) is 19.3 Å². The number of aromatic nitrogens is 3. The van der Waals surface area contributed by atoms with Gasteiger partial charge in [0.15, 0.2) is 10.9 Å². The van der Waals surface area contributed by atoms with Crippen molar-refractivity contribution >= 4 is 60.9 Å². The third-order valence-corrected chi connectivity index (χ3v) is 8.96. The van der Waals surface area contributed by atoms with E-state index in [1.165, 1.54) is 18.2 Å². The standard InChI is InChI=1S/C29H27ClF2N8O2S/c1-2-21(41)40-12-15(13-40)35-27-18-11-19(30)22(17-6-7-20(31)26-25(17)36-28(34)43-26)23(32)24(18)37-29(38-27)42-14-16-5-3-9-39(16)10-4-8-33/h2,6-7,11,15-16H,1,3-5,9-10,12-14H2,(H2,34,36)(H,35,37,38)/t16-/m1/s1. The number of hydrogen-bond acceptors (Lipinski definition) is 10. The maximum absolute atomic E-state index is 16.5. The van der Waals surface area contributed by atoms with Crippen molar-refractivity contribution < 1.29 is 18.3 Å². The Morgan fingerprint density at radius 3 is 2.88 bits per heavy atom. The number of rotatable bonds is 9. The SMILES string of the molecule is C=CC(=O)N1CC(Nc2nc(OC[C@H]3CCCN3CCC#N)nc3c(F)c(-c4ccc(F)c5sc(N)nc45)c(Cl)cc23)C1. The number of nitrogens with two attached hydrogens (primary N) is 1. The van der Waals surface area contributed by atoms with Crippen LogP contribution >= 0.6 is 22.9 Å². The third-order valence-electron chi connectivity index (χ3n) is 7.77. The lowest BCUT2D eigenvalue weighted by Crippen LogP contribution is -2.56. The van der Waals surface area contributed by atoms with Crippen molar-refractivity contribution in [3.63, 3.8) is 0 Å². The van der Waals surface area contributed by atoms with Gasteiger partial charge in [-0.2, -0.15) is 15.2 Å². The van der Waals surface area contributed by atoms with Gasteiger partial charge < -0.3 is 20.7 Å². The lowest BCUT2D eigenvalue weighted by Gasteiger charge is -2.39. The summed E-state index contributed by atoms with van der Waals surface area (Å²) in [5.41, 5.74) is 6.30. The number of nitrogens with zero attached hydrogens (tertiary/aromatic N) is 6. The molecule has 1 amide bonds. The van der Waals surface area contributed by atoms with Crippen LogP contribution in [0.5, 0.6) is 6.01 Å². The van der Waals surface area contributed by atoms with Crippen LogP contribution in [-0.4, -0.2) is 75.5 Å². The first-order valence-electron chi connectivity index (χ1n) is 13.7. The fourth-order valence-corrected chi connectivity index (χ4v) is 6.66. The van der Waals surface area contributed by atoms with Gasteiger partial charge in [0.2, 0.25) is 5.91 Å². The number of anilines is 2. The Labute approximate surface area is 254 Å². The average Bonchev–Trinajstić information content (AvgIpc) is 3.60. The molecule has 2 aliphatic rings. The van der Waals surface area contributed by atoms with Crippen LogP contribution in [0, 0.1) is 23.0 Å². The lowest BCUT2D eigenvalue weighted by molar-refractivity contribution is -0.129. The zero-order valence-electron chi connectivity index (χ0n) is 22.9. The summed E-state index contributed by atoms with van der Waals surface area (Å²) in [7, 11) is 0. The maximum Gasteiger partial charge on any atom is 0.319 e. The van der Waals surface area contributed by atoms with Gasteiger partial charge in [0.25, 0.3) is 0 Å². The number of nitrogens with one attached hydrogen (secondary N) is 1. The first-order chi connectivity index (χ1) is 20.8. The number of nitriles is 1. The highest BCUT2D eigenvalue weighted by Crippen LogP contribution is 2.42. The predicted molar refractivity (Wildman–Crippen MR) is 162 cm³/mol. The molecule has 2 fully saturated rings. The topological polar surface area (TPSA) is 133 Å². The molecule has 14 heteroatoms. The van der Waals surface area contributed by atoms with E-state index in [-0.39, 0.29) is 67.6 Å². The molecule has 10 nitrogen and oxygen atoms in total. The highest BCUT2D eigenvalue weighted by molar-refractivity contribution is 7.22. The minimum atomic E-state index is -0.745. The largest absolute Gasteiger partial charge is 0.462 e. The Bertz CT molecular complexity index is 1790. The normalized spacial score (nSPS) is 17.3. The lowest BCUT2D eigenvalue weighted by atomic mass is 10.0. The maximum atomic E-state index is 16.5.